The average Bonchev–Trinajstić information content (AvgIpc) is 2.34. The molecule has 96 valence electrons. The van der Waals surface area contributed by atoms with E-state index in [1.165, 1.54) is 12.8 Å². The van der Waals surface area contributed by atoms with Crippen molar-refractivity contribution in [2.45, 2.75) is 31.7 Å². The third-order valence-electron chi connectivity index (χ3n) is 3.89. The van der Waals surface area contributed by atoms with Gasteiger partial charge in [0.25, 0.3) is 0 Å². The van der Waals surface area contributed by atoms with Crippen LogP contribution < -0.4 is 5.32 Å². The van der Waals surface area contributed by atoms with Crippen molar-refractivity contribution in [3.8, 4) is 0 Å². The van der Waals surface area contributed by atoms with E-state index in [1.807, 2.05) is 6.92 Å². The summed E-state index contributed by atoms with van der Waals surface area (Å²) in [4.78, 5) is 2.35. The molecule has 0 unspecified atom stereocenters. The number of hydrogen-bond donors (Lipinski definition) is 3. The maximum absolute atomic E-state index is 9.32. The second kappa shape index (κ2) is 6.55. The normalized spacial score (nSPS) is 20.2. The van der Waals surface area contributed by atoms with Gasteiger partial charge < -0.3 is 20.4 Å². The Morgan fingerprint density at radius 1 is 1.25 bits per heavy atom. The summed E-state index contributed by atoms with van der Waals surface area (Å²) < 4.78 is 0. The van der Waals surface area contributed by atoms with E-state index in [2.05, 4.69) is 17.3 Å². The molecule has 0 aromatic heterocycles. The Labute approximate surface area is 98.6 Å². The molecule has 4 heteroatoms. The number of aliphatic hydroxyl groups excluding tert-OH is 2. The molecule has 1 heterocycles. The fraction of sp³-hybridized carbons (Fsp3) is 1.00. The van der Waals surface area contributed by atoms with Crippen LogP contribution in [0.3, 0.4) is 0 Å². The van der Waals surface area contributed by atoms with E-state index in [0.717, 1.165) is 26.1 Å². The van der Waals surface area contributed by atoms with Crippen molar-refractivity contribution in [3.63, 3.8) is 0 Å². The molecular formula is C12H26N2O2. The molecule has 0 aromatic rings. The number of aliphatic hydroxyl groups is 2. The molecule has 0 radical (unpaired) electrons. The molecule has 0 atom stereocenters. The van der Waals surface area contributed by atoms with E-state index in [4.69, 9.17) is 0 Å². The van der Waals surface area contributed by atoms with Gasteiger partial charge in [-0.2, -0.15) is 0 Å². The van der Waals surface area contributed by atoms with Crippen LogP contribution in [-0.2, 0) is 0 Å². The van der Waals surface area contributed by atoms with Crippen molar-refractivity contribution in [1.82, 2.24) is 10.2 Å². The van der Waals surface area contributed by atoms with Crippen LogP contribution in [0.2, 0.25) is 0 Å². The highest BCUT2D eigenvalue weighted by Gasteiger charge is 2.27. The fourth-order valence-corrected chi connectivity index (χ4v) is 2.14. The van der Waals surface area contributed by atoms with Gasteiger partial charge >= 0.3 is 0 Å². The van der Waals surface area contributed by atoms with Crippen LogP contribution in [0.1, 0.15) is 26.2 Å². The highest BCUT2D eigenvalue weighted by Crippen LogP contribution is 2.17. The highest BCUT2D eigenvalue weighted by atomic mass is 16.3. The smallest absolute Gasteiger partial charge is 0.0645 e. The molecule has 0 aromatic carbocycles. The van der Waals surface area contributed by atoms with E-state index >= 15 is 0 Å². The topological polar surface area (TPSA) is 55.7 Å². The first kappa shape index (κ1) is 13.9. The van der Waals surface area contributed by atoms with E-state index in [9.17, 15) is 10.2 Å². The third-order valence-corrected chi connectivity index (χ3v) is 3.89. The summed E-state index contributed by atoms with van der Waals surface area (Å²) in [6, 6.07) is 0. The Bertz CT molecular complexity index is 179. The van der Waals surface area contributed by atoms with Crippen molar-refractivity contribution < 1.29 is 10.2 Å². The van der Waals surface area contributed by atoms with Crippen molar-refractivity contribution in [1.29, 1.82) is 0 Å². The van der Waals surface area contributed by atoms with Crippen molar-refractivity contribution in [3.05, 3.63) is 0 Å². The molecule has 4 nitrogen and oxygen atoms in total. The van der Waals surface area contributed by atoms with Crippen molar-refractivity contribution >= 4 is 0 Å². The lowest BCUT2D eigenvalue weighted by atomic mass is 9.93. The lowest BCUT2D eigenvalue weighted by Gasteiger charge is -2.34. The van der Waals surface area contributed by atoms with Gasteiger partial charge in [0.2, 0.25) is 0 Å². The summed E-state index contributed by atoms with van der Waals surface area (Å²) in [5, 5.41) is 22.0. The first-order valence-corrected chi connectivity index (χ1v) is 6.31. The minimum atomic E-state index is -0.483. The first-order valence-electron chi connectivity index (χ1n) is 6.31. The van der Waals surface area contributed by atoms with Crippen molar-refractivity contribution in [2.75, 3.05) is 39.9 Å². The second-order valence-corrected chi connectivity index (χ2v) is 5.08. The molecule has 1 aliphatic rings. The van der Waals surface area contributed by atoms with Gasteiger partial charge in [0.05, 0.1) is 18.8 Å². The lowest BCUT2D eigenvalue weighted by Crippen LogP contribution is -2.53. The maximum Gasteiger partial charge on any atom is 0.0645 e. The van der Waals surface area contributed by atoms with Gasteiger partial charge in [0.1, 0.15) is 0 Å². The molecule has 3 N–H and O–H groups in total. The Hall–Kier alpha value is -0.160. The Kier molecular flexibility index (Phi) is 5.69. The van der Waals surface area contributed by atoms with E-state index in [1.54, 1.807) is 0 Å². The molecular weight excluding hydrogens is 204 g/mol. The number of nitrogens with zero attached hydrogens (tertiary/aromatic N) is 1. The summed E-state index contributed by atoms with van der Waals surface area (Å²) in [7, 11) is 2.15. The van der Waals surface area contributed by atoms with Gasteiger partial charge in [-0.15, -0.1) is 0 Å². The molecule has 0 spiro atoms. The van der Waals surface area contributed by atoms with Crippen LogP contribution >= 0.6 is 0 Å². The first-order chi connectivity index (χ1) is 7.65. The standard InChI is InChI=1S/C12H26N2O2/c1-3-12(9-15,10-16)13-8-11-4-6-14(2)7-5-11/h11,13,15-16H,3-10H2,1-2H3. The molecule has 1 saturated heterocycles. The van der Waals surface area contributed by atoms with Crippen LogP contribution in [0.5, 0.6) is 0 Å². The van der Waals surface area contributed by atoms with E-state index in [0.29, 0.717) is 5.92 Å². The van der Waals surface area contributed by atoms with Gasteiger partial charge in [-0.3, -0.25) is 0 Å². The molecule has 1 fully saturated rings. The monoisotopic (exact) mass is 230 g/mol. The van der Waals surface area contributed by atoms with Gasteiger partial charge in [-0.1, -0.05) is 6.92 Å². The largest absolute Gasteiger partial charge is 0.394 e. The van der Waals surface area contributed by atoms with Gasteiger partial charge in [-0.25, -0.2) is 0 Å². The maximum atomic E-state index is 9.32. The van der Waals surface area contributed by atoms with Crippen LogP contribution in [0.25, 0.3) is 0 Å². The van der Waals surface area contributed by atoms with E-state index in [-0.39, 0.29) is 13.2 Å². The number of rotatable bonds is 6. The molecule has 0 saturated carbocycles. The SMILES string of the molecule is CCC(CO)(CO)NCC1CCN(C)CC1. The minimum absolute atomic E-state index is 0.00657. The minimum Gasteiger partial charge on any atom is -0.394 e. The van der Waals surface area contributed by atoms with Crippen LogP contribution in [0.15, 0.2) is 0 Å². The third kappa shape index (κ3) is 3.70. The average molecular weight is 230 g/mol. The van der Waals surface area contributed by atoms with Crippen LogP contribution in [0.4, 0.5) is 0 Å². The second-order valence-electron chi connectivity index (χ2n) is 5.08. The predicted molar refractivity (Wildman–Crippen MR) is 65.4 cm³/mol. The van der Waals surface area contributed by atoms with Gasteiger partial charge in [-0.05, 0) is 51.9 Å². The Balaban J connectivity index is 2.32. The summed E-state index contributed by atoms with van der Waals surface area (Å²) in [6.07, 6.45) is 3.17. The molecule has 0 aliphatic carbocycles. The number of likely N-dealkylation sites (tertiary alicyclic amines) is 1. The molecule has 0 amide bonds. The molecule has 1 rings (SSSR count). The Morgan fingerprint density at radius 2 is 1.81 bits per heavy atom. The summed E-state index contributed by atoms with van der Waals surface area (Å²) in [6.45, 7) is 5.23. The highest BCUT2D eigenvalue weighted by molar-refractivity contribution is 4.86. The quantitative estimate of drug-likeness (QED) is 0.603. The van der Waals surface area contributed by atoms with Gasteiger partial charge in [0, 0.05) is 0 Å². The lowest BCUT2D eigenvalue weighted by molar-refractivity contribution is 0.0799. The summed E-state index contributed by atoms with van der Waals surface area (Å²) >= 11 is 0. The van der Waals surface area contributed by atoms with Gasteiger partial charge in [0.15, 0.2) is 0 Å². The predicted octanol–water partition coefficient (Wildman–Crippen LogP) is 0.0512. The summed E-state index contributed by atoms with van der Waals surface area (Å²) in [5.41, 5.74) is -0.483. The molecule has 1 aliphatic heterocycles. The molecule has 0 bridgehead atoms. The number of hydrogen-bond acceptors (Lipinski definition) is 4. The fourth-order valence-electron chi connectivity index (χ4n) is 2.14. The Morgan fingerprint density at radius 3 is 2.25 bits per heavy atom. The zero-order valence-corrected chi connectivity index (χ0v) is 10.6. The van der Waals surface area contributed by atoms with Crippen molar-refractivity contribution in [2.24, 2.45) is 5.92 Å². The van der Waals surface area contributed by atoms with E-state index < -0.39 is 5.54 Å². The molecule has 16 heavy (non-hydrogen) atoms. The number of nitrogens with one attached hydrogen (secondary N) is 1. The van der Waals surface area contributed by atoms with Crippen LogP contribution in [-0.4, -0.2) is 60.5 Å². The zero-order valence-electron chi connectivity index (χ0n) is 10.6. The number of piperidine rings is 1. The summed E-state index contributed by atoms with van der Waals surface area (Å²) in [5.74, 6) is 0.681. The van der Waals surface area contributed by atoms with Crippen LogP contribution in [0, 0.1) is 5.92 Å². The zero-order chi connectivity index (χ0) is 12.0.